The number of nitrogens with one attached hydrogen (secondary N) is 1. The molecule has 2 aliphatic heterocycles. The second kappa shape index (κ2) is 40.3. The summed E-state index contributed by atoms with van der Waals surface area (Å²) in [4.78, 5) is 13.2. The van der Waals surface area contributed by atoms with E-state index in [-0.39, 0.29) is 12.5 Å². The molecule has 2 saturated heterocycles. The van der Waals surface area contributed by atoms with E-state index in [1.807, 2.05) is 0 Å². The number of ether oxygens (including phenoxy) is 4. The quantitative estimate of drug-likeness (QED) is 0.0215. The van der Waals surface area contributed by atoms with Gasteiger partial charge in [0.05, 0.1) is 32.0 Å². The van der Waals surface area contributed by atoms with Crippen molar-refractivity contribution < 1.29 is 64.6 Å². The van der Waals surface area contributed by atoms with Gasteiger partial charge in [-0.3, -0.25) is 4.79 Å². The van der Waals surface area contributed by atoms with Crippen LogP contribution in [-0.4, -0.2) is 140 Å². The molecule has 68 heavy (non-hydrogen) atoms. The van der Waals surface area contributed by atoms with Gasteiger partial charge in [0.25, 0.3) is 0 Å². The summed E-state index contributed by atoms with van der Waals surface area (Å²) in [5, 5.41) is 86.8. The number of unbranched alkanes of at least 4 members (excludes halogenated alkanes) is 17. The number of amides is 1. The van der Waals surface area contributed by atoms with Gasteiger partial charge in [0.1, 0.15) is 48.8 Å². The highest BCUT2D eigenvalue weighted by Crippen LogP contribution is 2.30. The highest BCUT2D eigenvalue weighted by atomic mass is 16.7. The first-order valence-corrected chi connectivity index (χ1v) is 26.5. The van der Waals surface area contributed by atoms with Crippen molar-refractivity contribution in [2.45, 2.75) is 254 Å². The van der Waals surface area contributed by atoms with E-state index in [4.69, 9.17) is 18.9 Å². The van der Waals surface area contributed by atoms with Crippen LogP contribution in [0.1, 0.15) is 181 Å². The van der Waals surface area contributed by atoms with Gasteiger partial charge in [-0.15, -0.1) is 0 Å². The minimum atomic E-state index is -1.78. The molecule has 0 saturated carbocycles. The van der Waals surface area contributed by atoms with Crippen molar-refractivity contribution in [1.29, 1.82) is 0 Å². The van der Waals surface area contributed by atoms with Gasteiger partial charge < -0.3 is 65.1 Å². The zero-order valence-corrected chi connectivity index (χ0v) is 41.8. The van der Waals surface area contributed by atoms with Crippen molar-refractivity contribution in [3.05, 3.63) is 60.8 Å². The van der Waals surface area contributed by atoms with E-state index in [2.05, 4.69) is 79.9 Å². The molecule has 0 aromatic carbocycles. The fourth-order valence-corrected chi connectivity index (χ4v) is 8.44. The van der Waals surface area contributed by atoms with E-state index >= 15 is 0 Å². The molecule has 0 aromatic rings. The number of rotatable bonds is 40. The normalized spacial score (nSPS) is 26.9. The van der Waals surface area contributed by atoms with Gasteiger partial charge in [-0.25, -0.2) is 0 Å². The number of hydrogen-bond donors (Lipinski definition) is 9. The molecule has 2 heterocycles. The van der Waals surface area contributed by atoms with Crippen LogP contribution in [0, 0.1) is 0 Å². The number of carbonyl (C=O) groups is 1. The Morgan fingerprint density at radius 2 is 1.01 bits per heavy atom. The lowest BCUT2D eigenvalue weighted by Gasteiger charge is -2.46. The maximum absolute atomic E-state index is 13.2. The predicted molar refractivity (Wildman–Crippen MR) is 267 cm³/mol. The zero-order chi connectivity index (χ0) is 49.6. The van der Waals surface area contributed by atoms with Crippen LogP contribution in [0.4, 0.5) is 0 Å². The highest BCUT2D eigenvalue weighted by molar-refractivity contribution is 5.76. The van der Waals surface area contributed by atoms with Gasteiger partial charge in [0.2, 0.25) is 5.91 Å². The minimum Gasteiger partial charge on any atom is -0.394 e. The van der Waals surface area contributed by atoms with E-state index in [9.17, 15) is 45.6 Å². The van der Waals surface area contributed by atoms with Crippen molar-refractivity contribution in [3.63, 3.8) is 0 Å². The van der Waals surface area contributed by atoms with Crippen molar-refractivity contribution in [2.24, 2.45) is 0 Å². The summed E-state index contributed by atoms with van der Waals surface area (Å²) in [6.45, 7) is 2.69. The Morgan fingerprint density at radius 1 is 0.544 bits per heavy atom. The number of hydrogen-bond acceptors (Lipinski definition) is 13. The molecular formula is C54H95NO13. The van der Waals surface area contributed by atoms with Gasteiger partial charge in [-0.05, 0) is 57.8 Å². The molecule has 1 amide bonds. The van der Waals surface area contributed by atoms with Gasteiger partial charge in [-0.2, -0.15) is 0 Å². The predicted octanol–water partition coefficient (Wildman–Crippen LogP) is 7.44. The van der Waals surface area contributed by atoms with Crippen molar-refractivity contribution in [2.75, 3.05) is 19.8 Å². The third kappa shape index (κ3) is 26.8. The third-order valence-corrected chi connectivity index (χ3v) is 12.7. The molecule has 0 bridgehead atoms. The Morgan fingerprint density at radius 3 is 1.56 bits per heavy atom. The lowest BCUT2D eigenvalue weighted by molar-refractivity contribution is -0.359. The topological polar surface area (TPSA) is 228 Å². The van der Waals surface area contributed by atoms with Crippen LogP contribution >= 0.6 is 0 Å². The number of allylic oxidation sites excluding steroid dienone is 10. The maximum atomic E-state index is 13.2. The van der Waals surface area contributed by atoms with Gasteiger partial charge in [-0.1, -0.05) is 177 Å². The van der Waals surface area contributed by atoms with Gasteiger partial charge in [0.15, 0.2) is 12.6 Å². The summed E-state index contributed by atoms with van der Waals surface area (Å²) in [5.41, 5.74) is 0. The number of aliphatic hydroxyl groups excluding tert-OH is 8. The Hall–Kier alpha value is -2.31. The summed E-state index contributed by atoms with van der Waals surface area (Å²) in [6, 6.07) is -0.832. The molecule has 2 rings (SSSR count). The fraction of sp³-hybridized carbons (Fsp3) is 0.796. The molecular weight excluding hydrogens is 871 g/mol. The highest BCUT2D eigenvalue weighted by Gasteiger charge is 2.51. The van der Waals surface area contributed by atoms with E-state index in [0.29, 0.717) is 19.3 Å². The first kappa shape index (κ1) is 61.8. The van der Waals surface area contributed by atoms with Crippen molar-refractivity contribution >= 4 is 5.91 Å². The van der Waals surface area contributed by atoms with E-state index in [0.717, 1.165) is 83.5 Å². The van der Waals surface area contributed by atoms with Crippen LogP contribution in [0.25, 0.3) is 0 Å². The zero-order valence-electron chi connectivity index (χ0n) is 41.8. The lowest BCUT2D eigenvalue weighted by Crippen LogP contribution is -2.65. The monoisotopic (exact) mass is 966 g/mol. The molecule has 12 unspecified atom stereocenters. The van der Waals surface area contributed by atoms with E-state index in [1.165, 1.54) is 64.2 Å². The molecule has 0 spiro atoms. The molecule has 2 fully saturated rings. The number of carbonyl (C=O) groups excluding carboxylic acids is 1. The Balaban J connectivity index is 1.73. The largest absolute Gasteiger partial charge is 0.394 e. The third-order valence-electron chi connectivity index (χ3n) is 12.7. The average Bonchev–Trinajstić information content (AvgIpc) is 3.34. The van der Waals surface area contributed by atoms with Crippen LogP contribution in [0.5, 0.6) is 0 Å². The molecule has 9 N–H and O–H groups in total. The summed E-state index contributed by atoms with van der Waals surface area (Å²) in [6.07, 6.45) is 32.4. The molecule has 0 radical (unpaired) electrons. The van der Waals surface area contributed by atoms with Crippen molar-refractivity contribution in [3.8, 4) is 0 Å². The first-order chi connectivity index (χ1) is 33.1. The second-order valence-corrected chi connectivity index (χ2v) is 18.6. The first-order valence-electron chi connectivity index (χ1n) is 26.5. The van der Waals surface area contributed by atoms with Crippen LogP contribution in [-0.2, 0) is 23.7 Å². The lowest BCUT2D eigenvalue weighted by atomic mass is 9.97. The standard InChI is InChI=1S/C54H95NO13/c1-3-5-7-9-11-13-14-15-16-17-18-19-20-21-22-23-24-25-26-27-28-30-32-34-36-38-46(59)55-42(43(58)37-35-33-31-29-12-10-8-6-4-2)41-65-53-51(64)49(62)52(45(40-57)67-53)68-54-50(63)48(61)47(60)44(39-56)66-54/h5,7,11,13,15-16,18-19,21-22,42-45,47-54,56-58,60-64H,3-4,6,8-10,12,14,17,20,23-41H2,1-2H3,(H,55,59)/b7-5-,13-11-,16-15-,19-18-,22-21-. The SMILES string of the molecule is CC/C=C\C/C=C\C/C=C\C/C=C\C/C=C\CCCCCCCCCCCC(=O)NC(COC1OC(CO)C(OC2OC(CO)C(O)C(O)C2O)C(O)C1O)C(O)CCCCCCCCCCC. The van der Waals surface area contributed by atoms with E-state index in [1.54, 1.807) is 0 Å². The summed E-state index contributed by atoms with van der Waals surface area (Å²) in [7, 11) is 0. The summed E-state index contributed by atoms with van der Waals surface area (Å²) < 4.78 is 22.7. The van der Waals surface area contributed by atoms with Gasteiger partial charge >= 0.3 is 0 Å². The summed E-state index contributed by atoms with van der Waals surface area (Å²) in [5.74, 6) is -0.219. The Bertz CT molecular complexity index is 1370. The number of aliphatic hydroxyl groups is 8. The molecule has 14 nitrogen and oxygen atoms in total. The molecule has 394 valence electrons. The molecule has 0 aliphatic carbocycles. The maximum Gasteiger partial charge on any atom is 0.220 e. The van der Waals surface area contributed by atoms with Crippen LogP contribution in [0.2, 0.25) is 0 Å². The smallest absolute Gasteiger partial charge is 0.220 e. The van der Waals surface area contributed by atoms with Crippen molar-refractivity contribution in [1.82, 2.24) is 5.32 Å². The Kier molecular flexibility index (Phi) is 36.6. The average molecular weight is 966 g/mol. The summed E-state index contributed by atoms with van der Waals surface area (Å²) >= 11 is 0. The molecule has 14 heteroatoms. The molecule has 12 atom stereocenters. The van der Waals surface area contributed by atoms with Gasteiger partial charge in [0, 0.05) is 6.42 Å². The Labute approximate surface area is 409 Å². The molecule has 0 aromatic heterocycles. The fourth-order valence-electron chi connectivity index (χ4n) is 8.44. The van der Waals surface area contributed by atoms with Crippen LogP contribution in [0.3, 0.4) is 0 Å². The minimum absolute atomic E-state index is 0.219. The van der Waals surface area contributed by atoms with E-state index < -0.39 is 86.8 Å². The van der Waals surface area contributed by atoms with Crippen LogP contribution < -0.4 is 5.32 Å². The molecule has 2 aliphatic rings. The second-order valence-electron chi connectivity index (χ2n) is 18.6. The van der Waals surface area contributed by atoms with Crippen LogP contribution in [0.15, 0.2) is 60.8 Å².